The quantitative estimate of drug-likeness (QED) is 0.444. The summed E-state index contributed by atoms with van der Waals surface area (Å²) in [6, 6.07) is 0. The molecule has 0 aromatic rings. The zero-order valence-electron chi connectivity index (χ0n) is 7.88. The van der Waals surface area contributed by atoms with E-state index in [9.17, 15) is 14.5 Å². The van der Waals surface area contributed by atoms with Crippen LogP contribution in [0.1, 0.15) is 13.8 Å². The molecule has 7 nitrogen and oxygen atoms in total. The number of phosphoric ester groups is 1. The van der Waals surface area contributed by atoms with Gasteiger partial charge in [-0.05, 0) is 0 Å². The second kappa shape index (κ2) is 4.37. The van der Waals surface area contributed by atoms with E-state index in [0.29, 0.717) is 0 Å². The van der Waals surface area contributed by atoms with Gasteiger partial charge in [-0.15, -0.1) is 0 Å². The molecule has 0 heterocycles. The number of aliphatic hydroxyl groups is 1. The lowest BCUT2D eigenvalue weighted by Gasteiger charge is -2.27. The van der Waals surface area contributed by atoms with Crippen molar-refractivity contribution < 1.29 is 28.8 Å². The zero-order chi connectivity index (χ0) is 11.6. The van der Waals surface area contributed by atoms with Crippen molar-refractivity contribution in [2.45, 2.75) is 20.0 Å². The number of hydrogen-bond acceptors (Lipinski definition) is 4. The van der Waals surface area contributed by atoms with E-state index >= 15 is 0 Å². The highest BCUT2D eigenvalue weighted by molar-refractivity contribution is 7.46. The summed E-state index contributed by atoms with van der Waals surface area (Å²) in [5.41, 5.74) is 3.68. The summed E-state index contributed by atoms with van der Waals surface area (Å²) in [5, 5.41) is 9.24. The van der Waals surface area contributed by atoms with Crippen molar-refractivity contribution in [1.82, 2.24) is 0 Å². The molecule has 0 rings (SSSR count). The fourth-order valence-corrected chi connectivity index (χ4v) is 1.22. The zero-order valence-corrected chi connectivity index (χ0v) is 8.77. The van der Waals surface area contributed by atoms with Crippen LogP contribution in [0.4, 0.5) is 0 Å². The van der Waals surface area contributed by atoms with Crippen molar-refractivity contribution >= 4 is 13.7 Å². The molecular formula is C6H14NO6P. The number of primary amides is 1. The number of rotatable bonds is 5. The Bertz CT molecular complexity index is 259. The first-order valence-electron chi connectivity index (χ1n) is 3.74. The maximum atomic E-state index is 10.6. The fourth-order valence-electron chi connectivity index (χ4n) is 0.714. The maximum absolute atomic E-state index is 10.6. The first kappa shape index (κ1) is 13.5. The molecule has 0 saturated carbocycles. The number of nitrogens with two attached hydrogens (primary N) is 1. The Labute approximate surface area is 81.1 Å². The van der Waals surface area contributed by atoms with Gasteiger partial charge in [0, 0.05) is 5.41 Å². The van der Waals surface area contributed by atoms with Crippen molar-refractivity contribution in [3.05, 3.63) is 0 Å². The van der Waals surface area contributed by atoms with Gasteiger partial charge in [0.1, 0.15) is 6.10 Å². The second-order valence-corrected chi connectivity index (χ2v) is 4.80. The van der Waals surface area contributed by atoms with E-state index in [0.717, 1.165) is 0 Å². The van der Waals surface area contributed by atoms with Crippen molar-refractivity contribution in [1.29, 1.82) is 0 Å². The Hall–Kier alpha value is -0.460. The lowest BCUT2D eigenvalue weighted by molar-refractivity contribution is -0.133. The van der Waals surface area contributed by atoms with Gasteiger partial charge in [-0.25, -0.2) is 4.57 Å². The molecular weight excluding hydrogens is 213 g/mol. The molecule has 8 heteroatoms. The van der Waals surface area contributed by atoms with Crippen LogP contribution in [0.25, 0.3) is 0 Å². The summed E-state index contributed by atoms with van der Waals surface area (Å²) in [6.07, 6.45) is -1.52. The maximum Gasteiger partial charge on any atom is 0.469 e. The number of carbonyl (C=O) groups is 1. The molecule has 0 aliphatic heterocycles. The third kappa shape index (κ3) is 4.69. The van der Waals surface area contributed by atoms with Crippen LogP contribution in [0.5, 0.6) is 0 Å². The molecule has 0 aliphatic carbocycles. The van der Waals surface area contributed by atoms with Crippen LogP contribution < -0.4 is 5.73 Å². The molecule has 0 spiro atoms. The third-order valence-electron chi connectivity index (χ3n) is 1.61. The van der Waals surface area contributed by atoms with E-state index in [-0.39, 0.29) is 0 Å². The SMILES string of the molecule is CC(C)(COP(=O)(O)O)[C@@H](O)C(N)=O. The molecule has 0 bridgehead atoms. The predicted molar refractivity (Wildman–Crippen MR) is 47.0 cm³/mol. The Kier molecular flexibility index (Phi) is 4.23. The molecule has 1 atom stereocenters. The Morgan fingerprint density at radius 2 is 2.00 bits per heavy atom. The smallest absolute Gasteiger partial charge is 0.383 e. The topological polar surface area (TPSA) is 130 Å². The van der Waals surface area contributed by atoms with Crippen LogP contribution in [0.2, 0.25) is 0 Å². The summed E-state index contributed by atoms with van der Waals surface area (Å²) < 4.78 is 14.5. The molecule has 0 saturated heterocycles. The highest BCUT2D eigenvalue weighted by Crippen LogP contribution is 2.38. The third-order valence-corrected chi connectivity index (χ3v) is 2.08. The number of phosphoric acid groups is 1. The minimum absolute atomic E-state index is 0.471. The van der Waals surface area contributed by atoms with Gasteiger partial charge in [0.05, 0.1) is 6.61 Å². The van der Waals surface area contributed by atoms with E-state index in [2.05, 4.69) is 4.52 Å². The average molecular weight is 227 g/mol. The number of amides is 1. The summed E-state index contributed by atoms with van der Waals surface area (Å²) in [5.74, 6) is -0.968. The first-order chi connectivity index (χ1) is 6.06. The van der Waals surface area contributed by atoms with E-state index in [1.54, 1.807) is 0 Å². The van der Waals surface area contributed by atoms with E-state index in [1.165, 1.54) is 13.8 Å². The summed E-state index contributed by atoms with van der Waals surface area (Å²) >= 11 is 0. The molecule has 0 aromatic carbocycles. The van der Waals surface area contributed by atoms with Crippen LogP contribution in [-0.4, -0.2) is 33.5 Å². The minimum Gasteiger partial charge on any atom is -0.383 e. The van der Waals surface area contributed by atoms with Gasteiger partial charge < -0.3 is 20.6 Å². The van der Waals surface area contributed by atoms with Crippen molar-refractivity contribution in [3.63, 3.8) is 0 Å². The highest BCUT2D eigenvalue weighted by Gasteiger charge is 2.34. The lowest BCUT2D eigenvalue weighted by Crippen LogP contribution is -2.43. The lowest BCUT2D eigenvalue weighted by atomic mass is 9.87. The summed E-state index contributed by atoms with van der Waals surface area (Å²) in [6.45, 7) is 2.33. The van der Waals surface area contributed by atoms with E-state index < -0.39 is 31.9 Å². The number of aliphatic hydroxyl groups excluding tert-OH is 1. The van der Waals surface area contributed by atoms with Crippen molar-refractivity contribution in [2.24, 2.45) is 11.1 Å². The molecule has 0 fully saturated rings. The second-order valence-electron chi connectivity index (χ2n) is 3.56. The van der Waals surface area contributed by atoms with Crippen molar-refractivity contribution in [2.75, 3.05) is 6.61 Å². The Morgan fingerprint density at radius 3 is 2.29 bits per heavy atom. The van der Waals surface area contributed by atoms with Gasteiger partial charge in [0.25, 0.3) is 0 Å². The Balaban J connectivity index is 4.35. The molecule has 14 heavy (non-hydrogen) atoms. The molecule has 0 aromatic heterocycles. The molecule has 1 amide bonds. The van der Waals surface area contributed by atoms with Gasteiger partial charge in [0.15, 0.2) is 0 Å². The van der Waals surface area contributed by atoms with Gasteiger partial charge in [0.2, 0.25) is 5.91 Å². The van der Waals surface area contributed by atoms with Crippen LogP contribution in [-0.2, 0) is 13.9 Å². The summed E-state index contributed by atoms with van der Waals surface area (Å²) in [7, 11) is -4.60. The minimum atomic E-state index is -4.60. The normalized spacial score (nSPS) is 15.2. The Morgan fingerprint density at radius 1 is 1.57 bits per heavy atom. The number of carbonyl (C=O) groups excluding carboxylic acids is 1. The largest absolute Gasteiger partial charge is 0.469 e. The van der Waals surface area contributed by atoms with Gasteiger partial charge in [-0.2, -0.15) is 0 Å². The number of hydrogen-bond donors (Lipinski definition) is 4. The summed E-state index contributed by atoms with van der Waals surface area (Å²) in [4.78, 5) is 27.4. The van der Waals surface area contributed by atoms with Gasteiger partial charge >= 0.3 is 7.82 Å². The van der Waals surface area contributed by atoms with E-state index in [4.69, 9.17) is 15.5 Å². The average Bonchev–Trinajstić information content (AvgIpc) is 1.98. The van der Waals surface area contributed by atoms with Gasteiger partial charge in [-0.3, -0.25) is 9.32 Å². The van der Waals surface area contributed by atoms with Crippen LogP contribution >= 0.6 is 7.82 Å². The van der Waals surface area contributed by atoms with E-state index in [1.807, 2.05) is 0 Å². The van der Waals surface area contributed by atoms with Crippen LogP contribution in [0, 0.1) is 5.41 Å². The standard InChI is InChI=1S/C6H14NO6P/c1-6(2,4(8)5(7)9)3-13-14(10,11)12/h4,8H,3H2,1-2H3,(H2,7,9)(H2,10,11,12)/t4-/m0/s1. The monoisotopic (exact) mass is 227 g/mol. The predicted octanol–water partition coefficient (Wildman–Crippen LogP) is -1.03. The fraction of sp³-hybridized carbons (Fsp3) is 0.833. The van der Waals surface area contributed by atoms with Crippen LogP contribution in [0.3, 0.4) is 0 Å². The molecule has 0 aliphatic rings. The molecule has 84 valence electrons. The molecule has 0 unspecified atom stereocenters. The van der Waals surface area contributed by atoms with Crippen molar-refractivity contribution in [3.8, 4) is 0 Å². The first-order valence-corrected chi connectivity index (χ1v) is 5.27. The van der Waals surface area contributed by atoms with Gasteiger partial charge in [-0.1, -0.05) is 13.8 Å². The molecule has 5 N–H and O–H groups in total. The highest BCUT2D eigenvalue weighted by atomic mass is 31.2. The molecule has 0 radical (unpaired) electrons. The van der Waals surface area contributed by atoms with Crippen LogP contribution in [0.15, 0.2) is 0 Å².